The van der Waals surface area contributed by atoms with Crippen LogP contribution in [0.4, 0.5) is 4.79 Å². The first kappa shape index (κ1) is 13.4. The summed E-state index contributed by atoms with van der Waals surface area (Å²) in [6, 6.07) is 8.85. The highest BCUT2D eigenvalue weighted by atomic mass is 16.6. The van der Waals surface area contributed by atoms with Crippen molar-refractivity contribution in [1.29, 1.82) is 0 Å². The SMILES string of the molecule is CC(C)C1C(=O)OCN1C(=O)OCc1ccccc1. The Bertz CT molecular complexity index is 458. The van der Waals surface area contributed by atoms with Gasteiger partial charge in [0.25, 0.3) is 0 Å². The fourth-order valence-electron chi connectivity index (χ4n) is 2.03. The first-order valence-corrected chi connectivity index (χ1v) is 6.23. The number of rotatable bonds is 3. The molecule has 0 spiro atoms. The largest absolute Gasteiger partial charge is 0.444 e. The van der Waals surface area contributed by atoms with Crippen molar-refractivity contribution < 1.29 is 19.1 Å². The highest BCUT2D eigenvalue weighted by Gasteiger charge is 2.40. The van der Waals surface area contributed by atoms with E-state index in [0.29, 0.717) is 0 Å². The zero-order valence-electron chi connectivity index (χ0n) is 11.0. The molecule has 1 aliphatic rings. The normalized spacial score (nSPS) is 18.6. The van der Waals surface area contributed by atoms with Gasteiger partial charge in [0.2, 0.25) is 0 Å². The summed E-state index contributed by atoms with van der Waals surface area (Å²) >= 11 is 0. The Morgan fingerprint density at radius 1 is 1.42 bits per heavy atom. The van der Waals surface area contributed by atoms with E-state index in [0.717, 1.165) is 5.56 Å². The van der Waals surface area contributed by atoms with Gasteiger partial charge in [0.1, 0.15) is 12.6 Å². The summed E-state index contributed by atoms with van der Waals surface area (Å²) < 4.78 is 10.1. The van der Waals surface area contributed by atoms with Gasteiger partial charge in [-0.05, 0) is 11.5 Å². The Hall–Kier alpha value is -2.04. The molecule has 2 rings (SSSR count). The molecule has 0 saturated carbocycles. The van der Waals surface area contributed by atoms with Crippen LogP contribution in [0.25, 0.3) is 0 Å². The minimum atomic E-state index is -0.553. The molecule has 1 unspecified atom stereocenters. The molecule has 0 N–H and O–H groups in total. The van der Waals surface area contributed by atoms with Crippen molar-refractivity contribution in [2.24, 2.45) is 5.92 Å². The molecule has 1 aromatic carbocycles. The summed E-state index contributed by atoms with van der Waals surface area (Å²) in [7, 11) is 0. The summed E-state index contributed by atoms with van der Waals surface area (Å²) in [4.78, 5) is 24.8. The summed E-state index contributed by atoms with van der Waals surface area (Å²) in [5.74, 6) is -0.370. The van der Waals surface area contributed by atoms with Crippen molar-refractivity contribution in [3.63, 3.8) is 0 Å². The van der Waals surface area contributed by atoms with E-state index < -0.39 is 12.1 Å². The van der Waals surface area contributed by atoms with Gasteiger partial charge >= 0.3 is 12.1 Å². The Morgan fingerprint density at radius 2 is 2.11 bits per heavy atom. The molecule has 5 nitrogen and oxygen atoms in total. The van der Waals surface area contributed by atoms with E-state index in [1.807, 2.05) is 44.2 Å². The Labute approximate surface area is 112 Å². The van der Waals surface area contributed by atoms with E-state index in [2.05, 4.69) is 0 Å². The van der Waals surface area contributed by atoms with Crippen LogP contribution in [0, 0.1) is 5.92 Å². The molecular formula is C14H17NO4. The third-order valence-electron chi connectivity index (χ3n) is 2.99. The average Bonchev–Trinajstić information content (AvgIpc) is 2.79. The van der Waals surface area contributed by atoms with E-state index in [9.17, 15) is 9.59 Å². The second-order valence-corrected chi connectivity index (χ2v) is 4.79. The van der Waals surface area contributed by atoms with E-state index in [1.54, 1.807) is 0 Å². The number of ether oxygens (including phenoxy) is 2. The smallest absolute Gasteiger partial charge is 0.413 e. The van der Waals surface area contributed by atoms with Gasteiger partial charge in [0.05, 0.1) is 0 Å². The van der Waals surface area contributed by atoms with Crippen molar-refractivity contribution in [1.82, 2.24) is 4.90 Å². The topological polar surface area (TPSA) is 55.8 Å². The molecule has 0 aliphatic carbocycles. The van der Waals surface area contributed by atoms with Gasteiger partial charge in [-0.15, -0.1) is 0 Å². The number of carbonyl (C=O) groups is 2. The van der Waals surface area contributed by atoms with Crippen LogP contribution in [0.1, 0.15) is 19.4 Å². The minimum absolute atomic E-state index is 0.000671. The highest BCUT2D eigenvalue weighted by Crippen LogP contribution is 2.20. The maximum atomic E-state index is 12.0. The molecule has 0 bridgehead atoms. The van der Waals surface area contributed by atoms with Gasteiger partial charge in [0, 0.05) is 0 Å². The van der Waals surface area contributed by atoms with Crippen molar-refractivity contribution >= 4 is 12.1 Å². The lowest BCUT2D eigenvalue weighted by atomic mass is 10.0. The lowest BCUT2D eigenvalue weighted by Crippen LogP contribution is -2.41. The summed E-state index contributed by atoms with van der Waals surface area (Å²) in [6.07, 6.45) is -0.520. The quantitative estimate of drug-likeness (QED) is 0.784. The van der Waals surface area contributed by atoms with Gasteiger partial charge in [-0.2, -0.15) is 0 Å². The third kappa shape index (κ3) is 3.05. The minimum Gasteiger partial charge on any atom is -0.444 e. The number of cyclic esters (lactones) is 1. The fourth-order valence-corrected chi connectivity index (χ4v) is 2.03. The monoisotopic (exact) mass is 263 g/mol. The molecule has 0 radical (unpaired) electrons. The molecule has 1 fully saturated rings. The molecule has 1 heterocycles. The van der Waals surface area contributed by atoms with E-state index in [4.69, 9.17) is 9.47 Å². The first-order valence-electron chi connectivity index (χ1n) is 6.23. The number of carbonyl (C=O) groups excluding carboxylic acids is 2. The van der Waals surface area contributed by atoms with Crippen molar-refractivity contribution in [3.05, 3.63) is 35.9 Å². The summed E-state index contributed by atoms with van der Waals surface area (Å²) in [5.41, 5.74) is 0.906. The van der Waals surface area contributed by atoms with Crippen molar-refractivity contribution in [3.8, 4) is 0 Å². The predicted octanol–water partition coefficient (Wildman–Crippen LogP) is 2.16. The highest BCUT2D eigenvalue weighted by molar-refractivity contribution is 5.84. The second-order valence-electron chi connectivity index (χ2n) is 4.79. The van der Waals surface area contributed by atoms with Crippen LogP contribution in [0.3, 0.4) is 0 Å². The average molecular weight is 263 g/mol. The molecule has 1 saturated heterocycles. The van der Waals surface area contributed by atoms with Gasteiger partial charge in [0.15, 0.2) is 6.73 Å². The molecule has 0 aromatic heterocycles. The van der Waals surface area contributed by atoms with E-state index in [-0.39, 0.29) is 25.2 Å². The van der Waals surface area contributed by atoms with Crippen LogP contribution in [0.2, 0.25) is 0 Å². The van der Waals surface area contributed by atoms with Gasteiger partial charge in [-0.1, -0.05) is 44.2 Å². The van der Waals surface area contributed by atoms with Crippen LogP contribution in [0.15, 0.2) is 30.3 Å². The third-order valence-corrected chi connectivity index (χ3v) is 2.99. The molecule has 5 heteroatoms. The number of benzene rings is 1. The molecule has 1 aromatic rings. The Morgan fingerprint density at radius 3 is 2.74 bits per heavy atom. The fraction of sp³-hybridized carbons (Fsp3) is 0.429. The molecule has 102 valence electrons. The maximum Gasteiger partial charge on any atom is 0.413 e. The molecule has 1 atom stereocenters. The number of esters is 1. The van der Waals surface area contributed by atoms with Crippen LogP contribution < -0.4 is 0 Å². The first-order chi connectivity index (χ1) is 9.09. The van der Waals surface area contributed by atoms with Gasteiger partial charge in [-0.3, -0.25) is 4.90 Å². The summed E-state index contributed by atoms with van der Waals surface area (Å²) in [5, 5.41) is 0. The Kier molecular flexibility index (Phi) is 4.04. The zero-order valence-corrected chi connectivity index (χ0v) is 11.0. The van der Waals surface area contributed by atoms with Crippen molar-refractivity contribution in [2.75, 3.05) is 6.73 Å². The van der Waals surface area contributed by atoms with Gasteiger partial charge in [-0.25, -0.2) is 9.59 Å². The molecule has 1 amide bonds. The zero-order chi connectivity index (χ0) is 13.8. The van der Waals surface area contributed by atoms with Crippen LogP contribution >= 0.6 is 0 Å². The van der Waals surface area contributed by atoms with Crippen LogP contribution in [0.5, 0.6) is 0 Å². The van der Waals surface area contributed by atoms with Crippen LogP contribution in [-0.4, -0.2) is 29.7 Å². The molecule has 19 heavy (non-hydrogen) atoms. The molecular weight excluding hydrogens is 246 g/mol. The number of nitrogens with zero attached hydrogens (tertiary/aromatic N) is 1. The maximum absolute atomic E-state index is 12.0. The number of hydrogen-bond acceptors (Lipinski definition) is 4. The number of hydrogen-bond donors (Lipinski definition) is 0. The van der Waals surface area contributed by atoms with Crippen LogP contribution in [-0.2, 0) is 20.9 Å². The lowest BCUT2D eigenvalue weighted by molar-refractivity contribution is -0.139. The van der Waals surface area contributed by atoms with Crippen molar-refractivity contribution in [2.45, 2.75) is 26.5 Å². The predicted molar refractivity (Wildman–Crippen MR) is 68.1 cm³/mol. The Balaban J connectivity index is 1.95. The van der Waals surface area contributed by atoms with E-state index in [1.165, 1.54) is 4.90 Å². The standard InChI is InChI=1S/C14H17NO4/c1-10(2)12-13(16)19-9-15(12)14(17)18-8-11-6-4-3-5-7-11/h3-7,10,12H,8-9H2,1-2H3. The molecule has 1 aliphatic heterocycles. The number of amides is 1. The van der Waals surface area contributed by atoms with Gasteiger partial charge < -0.3 is 9.47 Å². The van der Waals surface area contributed by atoms with E-state index >= 15 is 0 Å². The second kappa shape index (κ2) is 5.73. The summed E-state index contributed by atoms with van der Waals surface area (Å²) in [6.45, 7) is 3.90. The lowest BCUT2D eigenvalue weighted by Gasteiger charge is -2.22.